The fourth-order valence-electron chi connectivity index (χ4n) is 3.25. The van der Waals surface area contributed by atoms with E-state index in [4.69, 9.17) is 5.41 Å². The molecule has 1 unspecified atom stereocenters. The van der Waals surface area contributed by atoms with Crippen molar-refractivity contribution < 1.29 is 9.90 Å². The highest BCUT2D eigenvalue weighted by atomic mass is 16.3. The lowest BCUT2D eigenvalue weighted by atomic mass is 9.97. The number of phenolic OH excluding ortho intramolecular Hbond substituents is 1. The number of aromatic hydroxyl groups is 1. The third-order valence-electron chi connectivity index (χ3n) is 4.84. The Morgan fingerprint density at radius 2 is 1.88 bits per heavy atom. The molecular formula is C23H21N7O2. The minimum absolute atomic E-state index is 0.0500. The highest BCUT2D eigenvalue weighted by molar-refractivity contribution is 5.99. The van der Waals surface area contributed by atoms with Gasteiger partial charge in [0.1, 0.15) is 18.4 Å². The van der Waals surface area contributed by atoms with Gasteiger partial charge in [-0.3, -0.25) is 4.98 Å². The standard InChI is InChI=1S/C23H21N7O2/c24-20(16-4-3-11-25-13-16)12-21(19-5-1-2-6-22(19)31)29-23(32)28-17-7-9-18(10-8-17)30-15-26-14-27-30/h1-11,13-15,21,24,31H,12H2,(H2,28,29,32). The number of benzene rings is 2. The minimum atomic E-state index is -0.613. The largest absolute Gasteiger partial charge is 0.508 e. The number of carbonyl (C=O) groups excluding carboxylic acids is 1. The summed E-state index contributed by atoms with van der Waals surface area (Å²) in [5.74, 6) is 0.0500. The second-order valence-electron chi connectivity index (χ2n) is 7.02. The molecule has 0 aliphatic heterocycles. The van der Waals surface area contributed by atoms with Gasteiger partial charge in [0, 0.05) is 41.3 Å². The molecule has 2 aromatic heterocycles. The molecule has 2 aromatic carbocycles. The van der Waals surface area contributed by atoms with Crippen LogP contribution in [-0.4, -0.2) is 36.6 Å². The molecule has 1 atom stereocenters. The summed E-state index contributed by atoms with van der Waals surface area (Å²) >= 11 is 0. The summed E-state index contributed by atoms with van der Waals surface area (Å²) < 4.78 is 1.61. The smallest absolute Gasteiger partial charge is 0.319 e. The van der Waals surface area contributed by atoms with Crippen molar-refractivity contribution in [3.05, 3.63) is 96.8 Å². The summed E-state index contributed by atoms with van der Waals surface area (Å²) in [5, 5.41) is 28.5. The van der Waals surface area contributed by atoms with Gasteiger partial charge in [-0.1, -0.05) is 24.3 Å². The molecule has 160 valence electrons. The summed E-state index contributed by atoms with van der Waals surface area (Å²) in [6, 6.07) is 16.4. The molecule has 0 spiro atoms. The zero-order valence-electron chi connectivity index (χ0n) is 17.0. The van der Waals surface area contributed by atoms with E-state index >= 15 is 0 Å². The normalized spacial score (nSPS) is 11.5. The highest BCUT2D eigenvalue weighted by Gasteiger charge is 2.20. The first-order valence-electron chi connectivity index (χ1n) is 9.88. The molecule has 0 bridgehead atoms. The highest BCUT2D eigenvalue weighted by Crippen LogP contribution is 2.27. The van der Waals surface area contributed by atoms with Crippen LogP contribution in [0.3, 0.4) is 0 Å². The van der Waals surface area contributed by atoms with Crippen LogP contribution in [0.4, 0.5) is 10.5 Å². The van der Waals surface area contributed by atoms with Crippen molar-refractivity contribution in [3.8, 4) is 11.4 Å². The lowest BCUT2D eigenvalue weighted by Crippen LogP contribution is -2.34. The monoisotopic (exact) mass is 427 g/mol. The van der Waals surface area contributed by atoms with Gasteiger partial charge in [-0.2, -0.15) is 5.10 Å². The van der Waals surface area contributed by atoms with Gasteiger partial charge in [-0.15, -0.1) is 0 Å². The SMILES string of the molecule is N=C(CC(NC(=O)Nc1ccc(-n2cncn2)cc1)c1ccccc1O)c1cccnc1. The molecule has 32 heavy (non-hydrogen) atoms. The molecule has 2 heterocycles. The summed E-state index contributed by atoms with van der Waals surface area (Å²) in [7, 11) is 0. The second-order valence-corrected chi connectivity index (χ2v) is 7.02. The number of phenols is 1. The number of rotatable bonds is 7. The number of anilines is 1. The van der Waals surface area contributed by atoms with Crippen molar-refractivity contribution in [1.29, 1.82) is 5.41 Å². The van der Waals surface area contributed by atoms with Crippen LogP contribution >= 0.6 is 0 Å². The van der Waals surface area contributed by atoms with E-state index in [-0.39, 0.29) is 12.2 Å². The maximum Gasteiger partial charge on any atom is 0.319 e. The Hall–Kier alpha value is -4.53. The minimum Gasteiger partial charge on any atom is -0.508 e. The van der Waals surface area contributed by atoms with Crippen LogP contribution in [0.15, 0.2) is 85.7 Å². The van der Waals surface area contributed by atoms with Crippen molar-refractivity contribution in [2.24, 2.45) is 0 Å². The van der Waals surface area contributed by atoms with Crippen LogP contribution in [-0.2, 0) is 0 Å². The van der Waals surface area contributed by atoms with E-state index in [2.05, 4.69) is 25.7 Å². The Morgan fingerprint density at radius 3 is 2.56 bits per heavy atom. The van der Waals surface area contributed by atoms with Crippen molar-refractivity contribution in [2.45, 2.75) is 12.5 Å². The fraction of sp³-hybridized carbons (Fsp3) is 0.0870. The lowest BCUT2D eigenvalue weighted by Gasteiger charge is -2.21. The Balaban J connectivity index is 1.48. The number of urea groups is 1. The van der Waals surface area contributed by atoms with Crippen molar-refractivity contribution >= 4 is 17.4 Å². The van der Waals surface area contributed by atoms with E-state index in [1.54, 1.807) is 71.9 Å². The quantitative estimate of drug-likeness (QED) is 0.334. The Kier molecular flexibility index (Phi) is 6.17. The van der Waals surface area contributed by atoms with Crippen LogP contribution < -0.4 is 10.6 Å². The molecule has 0 saturated heterocycles. The molecule has 0 saturated carbocycles. The van der Waals surface area contributed by atoms with Gasteiger partial charge in [0.25, 0.3) is 0 Å². The number of para-hydroxylation sites is 1. The predicted octanol–water partition coefficient (Wildman–Crippen LogP) is 3.69. The van der Waals surface area contributed by atoms with Gasteiger partial charge in [-0.25, -0.2) is 14.5 Å². The maximum atomic E-state index is 12.7. The molecule has 0 fully saturated rings. The van der Waals surface area contributed by atoms with Crippen molar-refractivity contribution in [2.75, 3.05) is 5.32 Å². The third kappa shape index (κ3) is 4.96. The number of nitrogens with one attached hydrogen (secondary N) is 3. The molecular weight excluding hydrogens is 406 g/mol. The van der Waals surface area contributed by atoms with Crippen molar-refractivity contribution in [1.82, 2.24) is 25.1 Å². The molecule has 2 amide bonds. The number of pyridine rings is 1. The average Bonchev–Trinajstić information content (AvgIpc) is 3.35. The molecule has 9 heteroatoms. The van der Waals surface area contributed by atoms with Crippen LogP contribution in [0.5, 0.6) is 5.75 Å². The van der Waals surface area contributed by atoms with E-state index in [0.29, 0.717) is 22.5 Å². The van der Waals surface area contributed by atoms with Crippen LogP contribution in [0.25, 0.3) is 5.69 Å². The summed E-state index contributed by atoms with van der Waals surface area (Å²) in [6.45, 7) is 0. The zero-order chi connectivity index (χ0) is 22.3. The molecule has 0 aliphatic rings. The molecule has 0 aliphatic carbocycles. The van der Waals surface area contributed by atoms with Crippen LogP contribution in [0, 0.1) is 5.41 Å². The van der Waals surface area contributed by atoms with E-state index in [1.165, 1.54) is 6.33 Å². The van der Waals surface area contributed by atoms with Crippen LogP contribution in [0.2, 0.25) is 0 Å². The summed E-state index contributed by atoms with van der Waals surface area (Å²) in [6.07, 6.45) is 6.45. The second kappa shape index (κ2) is 9.52. The lowest BCUT2D eigenvalue weighted by molar-refractivity contribution is 0.248. The van der Waals surface area contributed by atoms with Gasteiger partial charge in [-0.05, 0) is 36.4 Å². The maximum absolute atomic E-state index is 12.7. The third-order valence-corrected chi connectivity index (χ3v) is 4.84. The molecule has 9 nitrogen and oxygen atoms in total. The van der Waals surface area contributed by atoms with E-state index in [9.17, 15) is 9.90 Å². The fourth-order valence-corrected chi connectivity index (χ4v) is 3.25. The topological polar surface area (TPSA) is 129 Å². The number of hydrogen-bond donors (Lipinski definition) is 4. The number of aromatic nitrogens is 4. The van der Waals surface area contributed by atoms with Gasteiger partial charge in [0.15, 0.2) is 0 Å². The summed E-state index contributed by atoms with van der Waals surface area (Å²) in [4.78, 5) is 20.7. The molecule has 4 rings (SSSR count). The molecule has 0 radical (unpaired) electrons. The predicted molar refractivity (Wildman–Crippen MR) is 120 cm³/mol. The average molecular weight is 427 g/mol. The number of hydrogen-bond acceptors (Lipinski definition) is 6. The number of nitrogens with zero attached hydrogens (tertiary/aromatic N) is 4. The van der Waals surface area contributed by atoms with Crippen LogP contribution in [0.1, 0.15) is 23.6 Å². The first-order valence-corrected chi connectivity index (χ1v) is 9.88. The molecule has 4 N–H and O–H groups in total. The Bertz CT molecular complexity index is 1190. The number of amides is 2. The van der Waals surface area contributed by atoms with E-state index < -0.39 is 12.1 Å². The Labute approximate surface area is 184 Å². The van der Waals surface area contributed by atoms with Crippen molar-refractivity contribution in [3.63, 3.8) is 0 Å². The van der Waals surface area contributed by atoms with Gasteiger partial charge in [0.2, 0.25) is 0 Å². The first kappa shape index (κ1) is 20.7. The van der Waals surface area contributed by atoms with Gasteiger partial charge >= 0.3 is 6.03 Å². The van der Waals surface area contributed by atoms with E-state index in [1.807, 2.05) is 12.1 Å². The first-order chi connectivity index (χ1) is 15.6. The zero-order valence-corrected chi connectivity index (χ0v) is 17.0. The van der Waals surface area contributed by atoms with E-state index in [0.717, 1.165) is 5.69 Å². The molecule has 4 aromatic rings. The van der Waals surface area contributed by atoms with Gasteiger partial charge in [0.05, 0.1) is 11.7 Å². The number of carbonyl (C=O) groups is 1. The summed E-state index contributed by atoms with van der Waals surface area (Å²) in [5.41, 5.74) is 2.87. The Morgan fingerprint density at radius 1 is 1.06 bits per heavy atom. The van der Waals surface area contributed by atoms with Gasteiger partial charge < -0.3 is 21.1 Å².